The summed E-state index contributed by atoms with van der Waals surface area (Å²) in [6.07, 6.45) is 0. The van der Waals surface area contributed by atoms with Gasteiger partial charge < -0.3 is 9.88 Å². The number of thiazole rings is 1. The SMILES string of the molecule is Cn1c(CNC(=O)c2csc(-c3ccccc3)n2)nc2ccccc21. The Bertz CT molecular complexity index is 1040. The van der Waals surface area contributed by atoms with E-state index in [2.05, 4.69) is 15.3 Å². The molecule has 2 aromatic heterocycles. The van der Waals surface area contributed by atoms with Crippen LogP contribution in [-0.4, -0.2) is 20.4 Å². The highest BCUT2D eigenvalue weighted by Gasteiger charge is 2.13. The maximum absolute atomic E-state index is 12.4. The molecule has 0 bridgehead atoms. The van der Waals surface area contributed by atoms with E-state index in [9.17, 15) is 4.79 Å². The van der Waals surface area contributed by atoms with Crippen molar-refractivity contribution in [2.24, 2.45) is 7.05 Å². The Labute approximate surface area is 149 Å². The van der Waals surface area contributed by atoms with Crippen molar-refractivity contribution < 1.29 is 4.79 Å². The molecule has 1 amide bonds. The number of carbonyl (C=O) groups is 1. The second kappa shape index (κ2) is 6.49. The van der Waals surface area contributed by atoms with Crippen molar-refractivity contribution in [1.82, 2.24) is 19.9 Å². The van der Waals surface area contributed by atoms with Gasteiger partial charge in [-0.2, -0.15) is 0 Å². The van der Waals surface area contributed by atoms with Crippen molar-refractivity contribution in [2.45, 2.75) is 6.54 Å². The highest BCUT2D eigenvalue weighted by Crippen LogP contribution is 2.23. The quantitative estimate of drug-likeness (QED) is 0.613. The number of hydrogen-bond donors (Lipinski definition) is 1. The largest absolute Gasteiger partial charge is 0.343 e. The monoisotopic (exact) mass is 348 g/mol. The smallest absolute Gasteiger partial charge is 0.271 e. The molecule has 4 aromatic rings. The summed E-state index contributed by atoms with van der Waals surface area (Å²) in [5.74, 6) is 0.624. The van der Waals surface area contributed by atoms with Gasteiger partial charge in [-0.05, 0) is 12.1 Å². The Morgan fingerprint density at radius 1 is 1.08 bits per heavy atom. The number of nitrogens with one attached hydrogen (secondary N) is 1. The molecule has 5 nitrogen and oxygen atoms in total. The summed E-state index contributed by atoms with van der Waals surface area (Å²) in [4.78, 5) is 21.4. The zero-order valence-electron chi connectivity index (χ0n) is 13.6. The molecule has 0 fully saturated rings. The molecule has 2 heterocycles. The normalized spacial score (nSPS) is 10.9. The van der Waals surface area contributed by atoms with Crippen molar-refractivity contribution in [3.63, 3.8) is 0 Å². The maximum atomic E-state index is 12.4. The second-order valence-corrected chi connectivity index (χ2v) is 6.52. The van der Waals surface area contributed by atoms with Gasteiger partial charge in [0.1, 0.15) is 16.5 Å². The zero-order chi connectivity index (χ0) is 17.2. The van der Waals surface area contributed by atoms with Crippen molar-refractivity contribution in [3.8, 4) is 10.6 Å². The fourth-order valence-electron chi connectivity index (χ4n) is 2.69. The number of nitrogens with zero attached hydrogens (tertiary/aromatic N) is 3. The van der Waals surface area contributed by atoms with Crippen molar-refractivity contribution >= 4 is 28.3 Å². The lowest BCUT2D eigenvalue weighted by atomic mass is 10.2. The first-order chi connectivity index (χ1) is 12.2. The van der Waals surface area contributed by atoms with Crippen LogP contribution in [0.2, 0.25) is 0 Å². The summed E-state index contributed by atoms with van der Waals surface area (Å²) in [6, 6.07) is 17.8. The van der Waals surface area contributed by atoms with E-state index < -0.39 is 0 Å². The molecular weight excluding hydrogens is 332 g/mol. The number of aromatic nitrogens is 3. The number of rotatable bonds is 4. The van der Waals surface area contributed by atoms with E-state index in [-0.39, 0.29) is 5.91 Å². The molecule has 0 aliphatic carbocycles. The Morgan fingerprint density at radius 3 is 2.64 bits per heavy atom. The third-order valence-electron chi connectivity index (χ3n) is 4.04. The van der Waals surface area contributed by atoms with E-state index in [0.717, 1.165) is 27.4 Å². The summed E-state index contributed by atoms with van der Waals surface area (Å²) in [5, 5.41) is 5.53. The molecule has 0 aliphatic heterocycles. The van der Waals surface area contributed by atoms with Crippen LogP contribution in [0.15, 0.2) is 60.0 Å². The highest BCUT2D eigenvalue weighted by molar-refractivity contribution is 7.13. The number of aryl methyl sites for hydroxylation is 1. The molecule has 6 heteroatoms. The number of hydrogen-bond acceptors (Lipinski definition) is 4. The Morgan fingerprint density at radius 2 is 1.84 bits per heavy atom. The van der Waals surface area contributed by atoms with Gasteiger partial charge in [0.15, 0.2) is 0 Å². The Balaban J connectivity index is 1.49. The summed E-state index contributed by atoms with van der Waals surface area (Å²) in [5.41, 5.74) is 3.42. The summed E-state index contributed by atoms with van der Waals surface area (Å²) in [6.45, 7) is 0.363. The van der Waals surface area contributed by atoms with Crippen molar-refractivity contribution in [1.29, 1.82) is 0 Å². The van der Waals surface area contributed by atoms with Gasteiger partial charge in [0.2, 0.25) is 0 Å². The average Bonchev–Trinajstić information content (AvgIpc) is 3.26. The molecule has 1 N–H and O–H groups in total. The van der Waals surface area contributed by atoms with E-state index in [1.54, 1.807) is 5.38 Å². The minimum atomic E-state index is -0.189. The van der Waals surface area contributed by atoms with E-state index in [4.69, 9.17) is 0 Å². The Kier molecular flexibility index (Phi) is 4.03. The number of para-hydroxylation sites is 2. The van der Waals surface area contributed by atoms with E-state index in [0.29, 0.717) is 12.2 Å². The van der Waals surface area contributed by atoms with Crippen LogP contribution >= 0.6 is 11.3 Å². The van der Waals surface area contributed by atoms with Crippen LogP contribution < -0.4 is 5.32 Å². The molecule has 0 saturated carbocycles. The van der Waals surface area contributed by atoms with Gasteiger partial charge in [-0.3, -0.25) is 4.79 Å². The zero-order valence-corrected chi connectivity index (χ0v) is 14.5. The van der Waals surface area contributed by atoms with Crippen LogP contribution in [0.3, 0.4) is 0 Å². The molecule has 0 spiro atoms. The number of carbonyl (C=O) groups excluding carboxylic acids is 1. The van der Waals surface area contributed by atoms with Gasteiger partial charge in [-0.15, -0.1) is 11.3 Å². The van der Waals surface area contributed by atoms with Crippen LogP contribution in [0, 0.1) is 0 Å². The molecule has 124 valence electrons. The molecule has 0 aliphatic rings. The van der Waals surface area contributed by atoms with Crippen LogP contribution in [0.25, 0.3) is 21.6 Å². The maximum Gasteiger partial charge on any atom is 0.271 e. The van der Waals surface area contributed by atoms with Crippen LogP contribution in [0.5, 0.6) is 0 Å². The van der Waals surface area contributed by atoms with Crippen molar-refractivity contribution in [2.75, 3.05) is 0 Å². The molecule has 0 atom stereocenters. The topological polar surface area (TPSA) is 59.8 Å². The van der Waals surface area contributed by atoms with Gasteiger partial charge in [-0.1, -0.05) is 42.5 Å². The summed E-state index contributed by atoms with van der Waals surface area (Å²) < 4.78 is 1.99. The first-order valence-corrected chi connectivity index (χ1v) is 8.80. The van der Waals surface area contributed by atoms with Crippen LogP contribution in [-0.2, 0) is 13.6 Å². The number of imidazole rings is 1. The number of benzene rings is 2. The minimum absolute atomic E-state index is 0.189. The minimum Gasteiger partial charge on any atom is -0.343 e. The molecule has 0 unspecified atom stereocenters. The predicted octanol–water partition coefficient (Wildman–Crippen LogP) is 3.63. The molecule has 4 rings (SSSR count). The van der Waals surface area contributed by atoms with Crippen molar-refractivity contribution in [3.05, 3.63) is 71.5 Å². The number of amides is 1. The third-order valence-corrected chi connectivity index (χ3v) is 4.94. The van der Waals surface area contributed by atoms with E-state index in [1.165, 1.54) is 11.3 Å². The summed E-state index contributed by atoms with van der Waals surface area (Å²) in [7, 11) is 1.95. The number of fused-ring (bicyclic) bond motifs is 1. The van der Waals surface area contributed by atoms with Gasteiger partial charge in [0.05, 0.1) is 17.6 Å². The third kappa shape index (κ3) is 3.04. The molecule has 25 heavy (non-hydrogen) atoms. The van der Waals surface area contributed by atoms with Crippen LogP contribution in [0.1, 0.15) is 16.3 Å². The lowest BCUT2D eigenvalue weighted by molar-refractivity contribution is 0.0945. The standard InChI is InChI=1S/C19H16N4OS/c1-23-16-10-6-5-9-14(16)21-17(23)11-20-18(24)15-12-25-19(22-15)13-7-3-2-4-8-13/h2-10,12H,11H2,1H3,(H,20,24). The molecule has 0 saturated heterocycles. The van der Waals surface area contributed by atoms with Gasteiger partial charge in [0.25, 0.3) is 5.91 Å². The van der Waals surface area contributed by atoms with E-state index >= 15 is 0 Å². The predicted molar refractivity (Wildman–Crippen MR) is 99.4 cm³/mol. The summed E-state index contributed by atoms with van der Waals surface area (Å²) >= 11 is 1.47. The average molecular weight is 348 g/mol. The van der Waals surface area contributed by atoms with E-state index in [1.807, 2.05) is 66.2 Å². The fraction of sp³-hybridized carbons (Fsp3) is 0.105. The lowest BCUT2D eigenvalue weighted by Crippen LogP contribution is -2.24. The fourth-order valence-corrected chi connectivity index (χ4v) is 3.50. The van der Waals surface area contributed by atoms with Gasteiger partial charge in [-0.25, -0.2) is 9.97 Å². The second-order valence-electron chi connectivity index (χ2n) is 5.66. The molecule has 2 aromatic carbocycles. The van der Waals surface area contributed by atoms with Gasteiger partial charge >= 0.3 is 0 Å². The first kappa shape index (κ1) is 15.5. The first-order valence-electron chi connectivity index (χ1n) is 7.92. The Hall–Kier alpha value is -2.99. The van der Waals surface area contributed by atoms with Crippen LogP contribution in [0.4, 0.5) is 0 Å². The highest BCUT2D eigenvalue weighted by atomic mass is 32.1. The lowest BCUT2D eigenvalue weighted by Gasteiger charge is -2.04. The van der Waals surface area contributed by atoms with Gasteiger partial charge in [0, 0.05) is 18.0 Å². The molecule has 0 radical (unpaired) electrons. The molecular formula is C19H16N4OS.